The number of hydrogen-bond donors (Lipinski definition) is 1. The van der Waals surface area contributed by atoms with E-state index in [1.807, 2.05) is 29.2 Å². The topological polar surface area (TPSA) is 52.2 Å². The lowest BCUT2D eigenvalue weighted by Crippen LogP contribution is -2.47. The Morgan fingerprint density at radius 2 is 2.05 bits per heavy atom. The molecule has 5 nitrogen and oxygen atoms in total. The van der Waals surface area contributed by atoms with Crippen LogP contribution in [0.5, 0.6) is 0 Å². The van der Waals surface area contributed by atoms with Crippen molar-refractivity contribution in [3.63, 3.8) is 0 Å². The molecule has 0 saturated carbocycles. The predicted octanol–water partition coefficient (Wildman–Crippen LogP) is 1.43. The number of imidazole rings is 1. The van der Waals surface area contributed by atoms with Crippen molar-refractivity contribution in [3.8, 4) is 0 Å². The van der Waals surface area contributed by atoms with Gasteiger partial charge in [0.25, 0.3) is 0 Å². The number of H-pyrrole nitrogens is 1. The molecule has 2 aromatic rings. The molecule has 1 fully saturated rings. The first-order valence-electron chi connectivity index (χ1n) is 6.76. The molecule has 106 valence electrons. The number of nitrogens with zero attached hydrogens (tertiary/aromatic N) is 3. The molecule has 20 heavy (non-hydrogen) atoms. The highest BCUT2D eigenvalue weighted by Gasteiger charge is 2.19. The first-order valence-corrected chi connectivity index (χ1v) is 7.75. The quantitative estimate of drug-likeness (QED) is 0.869. The van der Waals surface area contributed by atoms with E-state index in [9.17, 15) is 4.79 Å². The van der Waals surface area contributed by atoms with Gasteiger partial charge < -0.3 is 14.8 Å². The summed E-state index contributed by atoms with van der Waals surface area (Å²) in [5.41, 5.74) is 1.96. The summed E-state index contributed by atoms with van der Waals surface area (Å²) < 4.78 is 0. The van der Waals surface area contributed by atoms with Crippen molar-refractivity contribution in [1.82, 2.24) is 19.8 Å². The number of amides is 1. The fraction of sp³-hybridized carbons (Fsp3) is 0.429. The van der Waals surface area contributed by atoms with Gasteiger partial charge >= 0.3 is 0 Å². The average molecular weight is 290 g/mol. The van der Waals surface area contributed by atoms with Crippen LogP contribution in [0.1, 0.15) is 0 Å². The van der Waals surface area contributed by atoms with Crippen LogP contribution in [0, 0.1) is 0 Å². The fourth-order valence-corrected chi connectivity index (χ4v) is 3.06. The summed E-state index contributed by atoms with van der Waals surface area (Å²) >= 11 is 1.48. The number of thioether (sulfide) groups is 1. The fourth-order valence-electron chi connectivity index (χ4n) is 2.27. The maximum atomic E-state index is 12.1. The summed E-state index contributed by atoms with van der Waals surface area (Å²) in [4.78, 5) is 24.0. The Bertz CT molecular complexity index is 571. The zero-order valence-corrected chi connectivity index (χ0v) is 12.3. The van der Waals surface area contributed by atoms with Gasteiger partial charge in [0.2, 0.25) is 5.91 Å². The van der Waals surface area contributed by atoms with Gasteiger partial charge in [-0.05, 0) is 19.2 Å². The van der Waals surface area contributed by atoms with E-state index in [-0.39, 0.29) is 5.91 Å². The van der Waals surface area contributed by atoms with E-state index in [0.717, 1.165) is 42.4 Å². The van der Waals surface area contributed by atoms with E-state index in [1.54, 1.807) is 0 Å². The summed E-state index contributed by atoms with van der Waals surface area (Å²) in [7, 11) is 2.09. The molecule has 1 aliphatic heterocycles. The van der Waals surface area contributed by atoms with Crippen molar-refractivity contribution < 1.29 is 4.79 Å². The number of carbonyl (C=O) groups is 1. The minimum atomic E-state index is 0.198. The van der Waals surface area contributed by atoms with Crippen LogP contribution < -0.4 is 0 Å². The first-order chi connectivity index (χ1) is 9.72. The molecular weight excluding hydrogens is 272 g/mol. The lowest BCUT2D eigenvalue weighted by atomic mass is 10.3. The van der Waals surface area contributed by atoms with Gasteiger partial charge in [-0.2, -0.15) is 0 Å². The zero-order valence-electron chi connectivity index (χ0n) is 11.5. The summed E-state index contributed by atoms with van der Waals surface area (Å²) in [6.45, 7) is 3.58. The second-order valence-corrected chi connectivity index (χ2v) is 6.00. The summed E-state index contributed by atoms with van der Waals surface area (Å²) in [5.74, 6) is 0.646. The van der Waals surface area contributed by atoms with Crippen LogP contribution in [0.3, 0.4) is 0 Å². The third-order valence-electron chi connectivity index (χ3n) is 3.56. The van der Waals surface area contributed by atoms with Crippen molar-refractivity contribution in [2.45, 2.75) is 5.16 Å². The number of piperazine rings is 1. The largest absolute Gasteiger partial charge is 0.339 e. The van der Waals surface area contributed by atoms with Gasteiger partial charge in [0.1, 0.15) is 0 Å². The van der Waals surface area contributed by atoms with Gasteiger partial charge in [0.15, 0.2) is 5.16 Å². The van der Waals surface area contributed by atoms with E-state index in [2.05, 4.69) is 21.9 Å². The molecule has 6 heteroatoms. The molecular formula is C14H18N4OS. The molecule has 0 spiro atoms. The van der Waals surface area contributed by atoms with Crippen LogP contribution in [0.2, 0.25) is 0 Å². The monoisotopic (exact) mass is 290 g/mol. The minimum absolute atomic E-state index is 0.198. The van der Waals surface area contributed by atoms with Crippen LogP contribution in [-0.2, 0) is 4.79 Å². The molecule has 0 radical (unpaired) electrons. The molecule has 0 aliphatic carbocycles. The molecule has 0 atom stereocenters. The molecule has 3 rings (SSSR count). The SMILES string of the molecule is CN1CCN(C(=O)CSc2nc3ccccc3[nH]2)CC1. The molecule has 1 amide bonds. The molecule has 1 saturated heterocycles. The van der Waals surface area contributed by atoms with Crippen molar-refractivity contribution in [2.24, 2.45) is 0 Å². The van der Waals surface area contributed by atoms with Crippen LogP contribution >= 0.6 is 11.8 Å². The van der Waals surface area contributed by atoms with E-state index in [0.29, 0.717) is 5.75 Å². The van der Waals surface area contributed by atoms with Gasteiger partial charge in [0, 0.05) is 26.2 Å². The normalized spacial score (nSPS) is 16.8. The minimum Gasteiger partial charge on any atom is -0.339 e. The van der Waals surface area contributed by atoms with Gasteiger partial charge in [-0.3, -0.25) is 4.79 Å². The van der Waals surface area contributed by atoms with Crippen LogP contribution in [0.4, 0.5) is 0 Å². The Balaban J connectivity index is 1.57. The van der Waals surface area contributed by atoms with E-state index in [4.69, 9.17) is 0 Å². The summed E-state index contributed by atoms with van der Waals surface area (Å²) in [6, 6.07) is 7.91. The van der Waals surface area contributed by atoms with Crippen molar-refractivity contribution >= 4 is 28.7 Å². The molecule has 1 aliphatic rings. The number of likely N-dealkylation sites (N-methyl/N-ethyl adjacent to an activating group) is 1. The standard InChI is InChI=1S/C14H18N4OS/c1-17-6-8-18(9-7-17)13(19)10-20-14-15-11-4-2-3-5-12(11)16-14/h2-5H,6-10H2,1H3,(H,15,16). The number of para-hydroxylation sites is 2. The summed E-state index contributed by atoms with van der Waals surface area (Å²) in [5, 5.41) is 0.814. The number of aromatic amines is 1. The van der Waals surface area contributed by atoms with Gasteiger partial charge in [-0.15, -0.1) is 0 Å². The number of nitrogens with one attached hydrogen (secondary N) is 1. The molecule has 2 heterocycles. The van der Waals surface area contributed by atoms with Crippen LogP contribution in [0.25, 0.3) is 11.0 Å². The number of rotatable bonds is 3. The van der Waals surface area contributed by atoms with Gasteiger partial charge in [-0.1, -0.05) is 23.9 Å². The van der Waals surface area contributed by atoms with E-state index in [1.165, 1.54) is 11.8 Å². The Morgan fingerprint density at radius 1 is 1.30 bits per heavy atom. The second kappa shape index (κ2) is 5.85. The number of hydrogen-bond acceptors (Lipinski definition) is 4. The number of carbonyl (C=O) groups excluding carboxylic acids is 1. The average Bonchev–Trinajstić information content (AvgIpc) is 2.88. The number of aromatic nitrogens is 2. The maximum absolute atomic E-state index is 12.1. The Morgan fingerprint density at radius 3 is 2.80 bits per heavy atom. The lowest BCUT2D eigenvalue weighted by molar-refractivity contribution is -0.129. The highest BCUT2D eigenvalue weighted by atomic mass is 32.2. The second-order valence-electron chi connectivity index (χ2n) is 5.03. The van der Waals surface area contributed by atoms with Crippen LogP contribution in [-0.4, -0.2) is 64.7 Å². The summed E-state index contributed by atoms with van der Waals surface area (Å²) in [6.07, 6.45) is 0. The number of fused-ring (bicyclic) bond motifs is 1. The van der Waals surface area contributed by atoms with Gasteiger partial charge in [0.05, 0.1) is 16.8 Å². The third-order valence-corrected chi connectivity index (χ3v) is 4.41. The van der Waals surface area contributed by atoms with Crippen molar-refractivity contribution in [1.29, 1.82) is 0 Å². The number of benzene rings is 1. The van der Waals surface area contributed by atoms with Crippen molar-refractivity contribution in [2.75, 3.05) is 39.0 Å². The lowest BCUT2D eigenvalue weighted by Gasteiger charge is -2.32. The smallest absolute Gasteiger partial charge is 0.233 e. The van der Waals surface area contributed by atoms with Gasteiger partial charge in [-0.25, -0.2) is 4.98 Å². The Labute approximate surface area is 122 Å². The molecule has 0 unspecified atom stereocenters. The van der Waals surface area contributed by atoms with E-state index < -0.39 is 0 Å². The molecule has 0 bridgehead atoms. The molecule has 1 aromatic heterocycles. The molecule has 1 N–H and O–H groups in total. The molecule has 1 aromatic carbocycles. The Hall–Kier alpha value is -1.53. The zero-order chi connectivity index (χ0) is 13.9. The first kappa shape index (κ1) is 13.5. The predicted molar refractivity (Wildman–Crippen MR) is 80.9 cm³/mol. The van der Waals surface area contributed by atoms with Crippen molar-refractivity contribution in [3.05, 3.63) is 24.3 Å². The Kier molecular flexibility index (Phi) is 3.93. The van der Waals surface area contributed by atoms with E-state index >= 15 is 0 Å². The highest BCUT2D eigenvalue weighted by molar-refractivity contribution is 7.99. The van der Waals surface area contributed by atoms with Crippen LogP contribution in [0.15, 0.2) is 29.4 Å². The third kappa shape index (κ3) is 2.96. The highest BCUT2D eigenvalue weighted by Crippen LogP contribution is 2.19. The maximum Gasteiger partial charge on any atom is 0.233 e.